The number of anilines is 1. The second-order valence-corrected chi connectivity index (χ2v) is 10.7. The van der Waals surface area contributed by atoms with Gasteiger partial charge in [0.25, 0.3) is 5.91 Å². The maximum atomic E-state index is 12.7. The topological polar surface area (TPSA) is 79.4 Å². The van der Waals surface area contributed by atoms with Crippen molar-refractivity contribution < 1.29 is 13.2 Å². The highest BCUT2D eigenvalue weighted by atomic mass is 32.2. The highest BCUT2D eigenvalue weighted by Crippen LogP contribution is 2.28. The molecular weight excluding hydrogens is 454 g/mol. The average Bonchev–Trinajstić information content (AvgIpc) is 3.30. The highest BCUT2D eigenvalue weighted by molar-refractivity contribution is 7.89. The van der Waals surface area contributed by atoms with Crippen LogP contribution in [0.1, 0.15) is 30.1 Å². The second kappa shape index (κ2) is 9.82. The van der Waals surface area contributed by atoms with Crippen LogP contribution >= 0.6 is 11.3 Å². The summed E-state index contributed by atoms with van der Waals surface area (Å²) in [5, 5.41) is 7.48. The van der Waals surface area contributed by atoms with Crippen molar-refractivity contribution in [1.29, 1.82) is 0 Å². The molecule has 0 atom stereocenters. The number of thiazole rings is 1. The molecule has 0 aliphatic carbocycles. The van der Waals surface area contributed by atoms with Crippen molar-refractivity contribution in [2.75, 3.05) is 18.9 Å². The summed E-state index contributed by atoms with van der Waals surface area (Å²) < 4.78 is 26.6. The van der Waals surface area contributed by atoms with E-state index in [-0.39, 0.29) is 10.8 Å². The van der Waals surface area contributed by atoms with Crippen molar-refractivity contribution in [2.24, 2.45) is 0 Å². The van der Waals surface area contributed by atoms with Crippen LogP contribution in [0.25, 0.3) is 22.0 Å². The number of nitrogens with zero attached hydrogens (tertiary/aromatic N) is 2. The van der Waals surface area contributed by atoms with Crippen LogP contribution in [-0.2, 0) is 10.0 Å². The van der Waals surface area contributed by atoms with E-state index in [0.717, 1.165) is 34.9 Å². The lowest BCUT2D eigenvalue weighted by molar-refractivity contribution is 0.102. The molecule has 33 heavy (non-hydrogen) atoms. The van der Waals surface area contributed by atoms with E-state index in [9.17, 15) is 13.2 Å². The van der Waals surface area contributed by atoms with Crippen LogP contribution < -0.4 is 5.32 Å². The Morgan fingerprint density at radius 1 is 1.03 bits per heavy atom. The van der Waals surface area contributed by atoms with Crippen LogP contribution in [0.4, 0.5) is 5.13 Å². The van der Waals surface area contributed by atoms with Gasteiger partial charge in [0.15, 0.2) is 5.13 Å². The normalized spacial score (nSPS) is 11.7. The summed E-state index contributed by atoms with van der Waals surface area (Å²) in [4.78, 5) is 17.4. The smallest absolute Gasteiger partial charge is 0.257 e. The molecule has 4 rings (SSSR count). The molecule has 0 fully saturated rings. The Labute approximate surface area is 198 Å². The fourth-order valence-electron chi connectivity index (χ4n) is 3.44. The third-order valence-corrected chi connectivity index (χ3v) is 8.05. The van der Waals surface area contributed by atoms with Crippen LogP contribution in [0.3, 0.4) is 0 Å². The third kappa shape index (κ3) is 5.13. The largest absolute Gasteiger partial charge is 0.298 e. The molecular formula is C25H25N3O3S2. The zero-order valence-corrected chi connectivity index (χ0v) is 20.1. The van der Waals surface area contributed by atoms with Crippen molar-refractivity contribution in [3.8, 4) is 11.3 Å². The van der Waals surface area contributed by atoms with Gasteiger partial charge < -0.3 is 0 Å². The van der Waals surface area contributed by atoms with Gasteiger partial charge in [0.2, 0.25) is 10.0 Å². The SMILES string of the molecule is CCCCN(C)S(=O)(=O)c1ccc(C(=O)Nc2nc(-c3ccc4ccccc4c3)cs2)cc1. The maximum Gasteiger partial charge on any atom is 0.257 e. The van der Waals surface area contributed by atoms with Crippen molar-refractivity contribution in [1.82, 2.24) is 9.29 Å². The minimum Gasteiger partial charge on any atom is -0.298 e. The average molecular weight is 480 g/mol. The minimum absolute atomic E-state index is 0.172. The molecule has 0 saturated carbocycles. The van der Waals surface area contributed by atoms with Crippen LogP contribution in [0, 0.1) is 0 Å². The first-order valence-corrected chi connectivity index (χ1v) is 13.0. The molecule has 1 amide bonds. The number of fused-ring (bicyclic) bond motifs is 1. The Balaban J connectivity index is 1.46. The Bertz CT molecular complexity index is 1380. The van der Waals surface area contributed by atoms with Gasteiger partial charge in [-0.25, -0.2) is 17.7 Å². The van der Waals surface area contributed by atoms with Gasteiger partial charge in [-0.1, -0.05) is 49.7 Å². The fourth-order valence-corrected chi connectivity index (χ4v) is 5.36. The standard InChI is InChI=1S/C25H25N3O3S2/c1-3-4-15-28(2)33(30,31)22-13-11-19(12-14-22)24(29)27-25-26-23(17-32-25)21-10-9-18-7-5-6-8-20(18)16-21/h5-14,16-17H,3-4,15H2,1-2H3,(H,26,27,29). The number of hydrogen-bond donors (Lipinski definition) is 1. The van der Waals surface area contributed by atoms with Gasteiger partial charge in [-0.15, -0.1) is 11.3 Å². The Hall–Kier alpha value is -3.07. The number of carbonyl (C=O) groups excluding carboxylic acids is 1. The number of hydrogen-bond acceptors (Lipinski definition) is 5. The number of benzene rings is 3. The molecule has 0 aliphatic rings. The number of nitrogens with one attached hydrogen (secondary N) is 1. The van der Waals surface area contributed by atoms with Gasteiger partial charge in [-0.05, 0) is 47.5 Å². The molecule has 1 aromatic heterocycles. The molecule has 1 N–H and O–H groups in total. The van der Waals surface area contributed by atoms with E-state index in [2.05, 4.69) is 34.6 Å². The van der Waals surface area contributed by atoms with Crippen LogP contribution in [-0.4, -0.2) is 37.2 Å². The number of amides is 1. The molecule has 0 saturated heterocycles. The number of carbonyl (C=O) groups is 1. The molecule has 1 heterocycles. The lowest BCUT2D eigenvalue weighted by Gasteiger charge is -2.16. The summed E-state index contributed by atoms with van der Waals surface area (Å²) >= 11 is 1.35. The van der Waals surface area contributed by atoms with Gasteiger partial charge in [0.1, 0.15) is 0 Å². The fraction of sp³-hybridized carbons (Fsp3) is 0.200. The lowest BCUT2D eigenvalue weighted by Crippen LogP contribution is -2.28. The zero-order valence-electron chi connectivity index (χ0n) is 18.5. The summed E-state index contributed by atoms with van der Waals surface area (Å²) in [6.45, 7) is 2.48. The van der Waals surface area contributed by atoms with E-state index in [1.807, 2.05) is 30.5 Å². The quantitative estimate of drug-likeness (QED) is 0.355. The summed E-state index contributed by atoms with van der Waals surface area (Å²) in [7, 11) is -1.99. The number of sulfonamides is 1. The molecule has 6 nitrogen and oxygen atoms in total. The molecule has 8 heteroatoms. The molecule has 0 bridgehead atoms. The maximum absolute atomic E-state index is 12.7. The van der Waals surface area contributed by atoms with Crippen LogP contribution in [0.15, 0.2) is 77.0 Å². The molecule has 3 aromatic carbocycles. The van der Waals surface area contributed by atoms with Crippen molar-refractivity contribution in [3.05, 3.63) is 77.7 Å². The first-order chi connectivity index (χ1) is 15.9. The lowest BCUT2D eigenvalue weighted by atomic mass is 10.1. The Kier molecular flexibility index (Phi) is 6.88. The van der Waals surface area contributed by atoms with Gasteiger partial charge in [0.05, 0.1) is 10.6 Å². The summed E-state index contributed by atoms with van der Waals surface area (Å²) in [5.41, 5.74) is 2.14. The predicted octanol–water partition coefficient (Wildman–Crippen LogP) is 5.64. The molecule has 4 aromatic rings. The first-order valence-electron chi connectivity index (χ1n) is 10.7. The van der Waals surface area contributed by atoms with E-state index < -0.39 is 10.0 Å². The monoisotopic (exact) mass is 479 g/mol. The van der Waals surface area contributed by atoms with Crippen LogP contribution in [0.5, 0.6) is 0 Å². The Morgan fingerprint density at radius 3 is 2.48 bits per heavy atom. The second-order valence-electron chi connectivity index (χ2n) is 7.76. The number of aromatic nitrogens is 1. The van der Waals surface area contributed by atoms with Gasteiger partial charge in [-0.3, -0.25) is 10.1 Å². The van der Waals surface area contributed by atoms with E-state index in [4.69, 9.17) is 0 Å². The summed E-state index contributed by atoms with van der Waals surface area (Å²) in [6, 6.07) is 20.2. The third-order valence-electron chi connectivity index (χ3n) is 5.42. The number of unbranched alkanes of at least 4 members (excludes halogenated alkanes) is 1. The van der Waals surface area contributed by atoms with Crippen molar-refractivity contribution >= 4 is 43.2 Å². The summed E-state index contributed by atoms with van der Waals surface area (Å²) in [5.74, 6) is -0.335. The molecule has 170 valence electrons. The minimum atomic E-state index is -3.56. The molecule has 0 unspecified atom stereocenters. The van der Waals surface area contributed by atoms with Crippen molar-refractivity contribution in [2.45, 2.75) is 24.7 Å². The Morgan fingerprint density at radius 2 is 1.76 bits per heavy atom. The predicted molar refractivity (Wildman–Crippen MR) is 134 cm³/mol. The molecule has 0 spiro atoms. The number of rotatable bonds is 8. The van der Waals surface area contributed by atoms with E-state index in [0.29, 0.717) is 17.2 Å². The van der Waals surface area contributed by atoms with Gasteiger partial charge in [-0.2, -0.15) is 0 Å². The first kappa shape index (κ1) is 23.1. The van der Waals surface area contributed by atoms with E-state index >= 15 is 0 Å². The van der Waals surface area contributed by atoms with E-state index in [1.165, 1.54) is 39.9 Å². The van der Waals surface area contributed by atoms with Gasteiger partial charge >= 0.3 is 0 Å². The zero-order chi connectivity index (χ0) is 23.4. The molecule has 0 radical (unpaired) electrons. The van der Waals surface area contributed by atoms with Crippen LogP contribution in [0.2, 0.25) is 0 Å². The van der Waals surface area contributed by atoms with Crippen molar-refractivity contribution in [3.63, 3.8) is 0 Å². The summed E-state index contributed by atoms with van der Waals surface area (Å²) in [6.07, 6.45) is 1.71. The molecule has 0 aliphatic heterocycles. The van der Waals surface area contributed by atoms with Gasteiger partial charge in [0, 0.05) is 30.1 Å². The highest BCUT2D eigenvalue weighted by Gasteiger charge is 2.20. The van der Waals surface area contributed by atoms with E-state index in [1.54, 1.807) is 7.05 Å².